The lowest BCUT2D eigenvalue weighted by Gasteiger charge is -2.08. The van der Waals surface area contributed by atoms with Gasteiger partial charge in [0.2, 0.25) is 6.10 Å². The van der Waals surface area contributed by atoms with Crippen molar-refractivity contribution in [3.05, 3.63) is 11.1 Å². The fraction of sp³-hybridized carbons (Fsp3) is 0.400. The highest BCUT2D eigenvalue weighted by atomic mass is 32.1. The Morgan fingerprint density at radius 3 is 2.94 bits per heavy atom. The van der Waals surface area contributed by atoms with Crippen molar-refractivity contribution >= 4 is 34.4 Å². The van der Waals surface area contributed by atoms with E-state index in [2.05, 4.69) is 10.1 Å². The minimum atomic E-state index is -1.14. The number of anilines is 1. The van der Waals surface area contributed by atoms with E-state index in [1.807, 2.05) is 6.92 Å². The van der Waals surface area contributed by atoms with Crippen LogP contribution in [-0.2, 0) is 14.4 Å². The highest BCUT2D eigenvalue weighted by molar-refractivity contribution is 7.13. The number of carbonyl (C=O) groups excluding carboxylic acids is 1. The molecule has 1 aromatic heterocycles. The molecule has 1 aromatic rings. The van der Waals surface area contributed by atoms with Crippen molar-refractivity contribution < 1.29 is 19.5 Å². The first-order valence-corrected chi connectivity index (χ1v) is 6.02. The highest BCUT2D eigenvalue weighted by Gasteiger charge is 2.19. The van der Waals surface area contributed by atoms with Gasteiger partial charge in [-0.15, -0.1) is 11.3 Å². The van der Waals surface area contributed by atoms with Gasteiger partial charge < -0.3 is 15.7 Å². The molecule has 1 unspecified atom stereocenters. The summed E-state index contributed by atoms with van der Waals surface area (Å²) >= 11 is 1.13. The van der Waals surface area contributed by atoms with Gasteiger partial charge in [-0.3, -0.25) is 4.79 Å². The molecule has 8 heteroatoms. The second-order valence-corrected chi connectivity index (χ2v) is 4.22. The van der Waals surface area contributed by atoms with Crippen molar-refractivity contribution in [1.82, 2.24) is 4.98 Å². The summed E-state index contributed by atoms with van der Waals surface area (Å²) in [6.07, 6.45) is 1.37. The van der Waals surface area contributed by atoms with Crippen LogP contribution in [0.3, 0.4) is 0 Å². The second kappa shape index (κ2) is 6.70. The first-order valence-electron chi connectivity index (χ1n) is 5.14. The van der Waals surface area contributed by atoms with Crippen LogP contribution < -0.4 is 5.73 Å². The van der Waals surface area contributed by atoms with Crippen LogP contribution in [0.4, 0.5) is 5.13 Å². The second-order valence-electron chi connectivity index (χ2n) is 3.33. The molecule has 97 valence electrons. The van der Waals surface area contributed by atoms with Gasteiger partial charge in [0, 0.05) is 5.38 Å². The SMILES string of the molecule is CCCC(O/N=C(\[C]=O)c1csc(N)n1)C(=O)O. The van der Waals surface area contributed by atoms with Gasteiger partial charge in [-0.05, 0) is 6.42 Å². The van der Waals surface area contributed by atoms with Crippen LogP contribution in [0.5, 0.6) is 0 Å². The molecule has 0 bridgehead atoms. The van der Waals surface area contributed by atoms with Gasteiger partial charge in [-0.25, -0.2) is 9.78 Å². The molecule has 0 saturated carbocycles. The Morgan fingerprint density at radius 2 is 2.50 bits per heavy atom. The number of thiazole rings is 1. The molecule has 0 aliphatic heterocycles. The van der Waals surface area contributed by atoms with Crippen LogP contribution >= 0.6 is 11.3 Å². The number of hydrogen-bond acceptors (Lipinski definition) is 7. The molecule has 0 amide bonds. The van der Waals surface area contributed by atoms with Crippen LogP contribution in [0.15, 0.2) is 10.5 Å². The quantitative estimate of drug-likeness (QED) is 0.559. The van der Waals surface area contributed by atoms with Gasteiger partial charge in [0.15, 0.2) is 10.8 Å². The number of oxime groups is 1. The molecular weight excluding hydrogens is 258 g/mol. The van der Waals surface area contributed by atoms with Crippen molar-refractivity contribution in [3.8, 4) is 0 Å². The molecule has 0 spiro atoms. The fourth-order valence-corrected chi connectivity index (χ4v) is 1.66. The average molecular weight is 270 g/mol. The predicted molar refractivity (Wildman–Crippen MR) is 66.2 cm³/mol. The summed E-state index contributed by atoms with van der Waals surface area (Å²) in [5, 5.41) is 14.1. The molecule has 0 saturated heterocycles. The number of aromatic nitrogens is 1. The summed E-state index contributed by atoms with van der Waals surface area (Å²) in [6, 6.07) is 0. The highest BCUT2D eigenvalue weighted by Crippen LogP contribution is 2.12. The molecule has 1 heterocycles. The monoisotopic (exact) mass is 270 g/mol. The third kappa shape index (κ3) is 3.81. The summed E-state index contributed by atoms with van der Waals surface area (Å²) in [4.78, 5) is 30.1. The summed E-state index contributed by atoms with van der Waals surface area (Å²) in [6.45, 7) is 1.82. The molecule has 0 aromatic carbocycles. The molecule has 0 aliphatic carbocycles. The Balaban J connectivity index is 2.79. The Bertz CT molecular complexity index is 458. The summed E-state index contributed by atoms with van der Waals surface area (Å²) in [5.41, 5.74) is 5.42. The van der Waals surface area contributed by atoms with Gasteiger partial charge in [-0.1, -0.05) is 18.5 Å². The Kier molecular flexibility index (Phi) is 5.25. The Morgan fingerprint density at radius 1 is 1.78 bits per heavy atom. The zero-order chi connectivity index (χ0) is 13.5. The van der Waals surface area contributed by atoms with Gasteiger partial charge in [0.25, 0.3) is 6.29 Å². The number of nitrogen functional groups attached to an aromatic ring is 1. The van der Waals surface area contributed by atoms with E-state index in [4.69, 9.17) is 15.7 Å². The zero-order valence-electron chi connectivity index (χ0n) is 9.62. The van der Waals surface area contributed by atoms with Crippen molar-refractivity contribution in [2.45, 2.75) is 25.9 Å². The molecule has 18 heavy (non-hydrogen) atoms. The minimum Gasteiger partial charge on any atom is -0.478 e. The van der Waals surface area contributed by atoms with Gasteiger partial charge >= 0.3 is 5.97 Å². The number of aliphatic carboxylic acids is 1. The lowest BCUT2D eigenvalue weighted by atomic mass is 10.2. The van der Waals surface area contributed by atoms with Crippen molar-refractivity contribution in [1.29, 1.82) is 0 Å². The zero-order valence-corrected chi connectivity index (χ0v) is 10.4. The fourth-order valence-electron chi connectivity index (χ4n) is 1.11. The molecule has 1 atom stereocenters. The molecule has 0 fully saturated rings. The number of hydrogen-bond donors (Lipinski definition) is 2. The van der Waals surface area contributed by atoms with Crippen LogP contribution in [0.1, 0.15) is 25.5 Å². The van der Waals surface area contributed by atoms with E-state index in [0.29, 0.717) is 12.8 Å². The maximum atomic E-state index is 10.8. The number of carboxylic acid groups (broad SMARTS) is 1. The third-order valence-corrected chi connectivity index (χ3v) is 2.63. The molecular formula is C10H12N3O4S. The first kappa shape index (κ1) is 14.1. The average Bonchev–Trinajstić information content (AvgIpc) is 2.75. The van der Waals surface area contributed by atoms with E-state index in [-0.39, 0.29) is 16.5 Å². The Labute approximate surface area is 107 Å². The third-order valence-electron chi connectivity index (χ3n) is 1.96. The molecule has 1 rings (SSSR count). The number of nitrogens with zero attached hydrogens (tertiary/aromatic N) is 2. The van der Waals surface area contributed by atoms with E-state index >= 15 is 0 Å². The number of carbonyl (C=O) groups is 1. The Hall–Kier alpha value is -1.96. The summed E-state index contributed by atoms with van der Waals surface area (Å²) < 4.78 is 0. The van der Waals surface area contributed by atoms with E-state index in [1.54, 1.807) is 0 Å². The maximum absolute atomic E-state index is 10.8. The van der Waals surface area contributed by atoms with Crippen LogP contribution in [0.2, 0.25) is 0 Å². The number of carboxylic acids is 1. The lowest BCUT2D eigenvalue weighted by Crippen LogP contribution is -2.22. The first-order chi connectivity index (χ1) is 8.58. The maximum Gasteiger partial charge on any atom is 0.347 e. The summed E-state index contributed by atoms with van der Waals surface area (Å²) in [7, 11) is 0. The van der Waals surface area contributed by atoms with Crippen LogP contribution in [0, 0.1) is 0 Å². The number of rotatable bonds is 7. The van der Waals surface area contributed by atoms with E-state index in [1.165, 1.54) is 11.7 Å². The molecule has 3 N–H and O–H groups in total. The molecule has 0 aliphatic rings. The normalized spacial score (nSPS) is 13.1. The lowest BCUT2D eigenvalue weighted by molar-refractivity contribution is -0.150. The van der Waals surface area contributed by atoms with Crippen LogP contribution in [-0.4, -0.2) is 34.2 Å². The van der Waals surface area contributed by atoms with Crippen molar-refractivity contribution in [2.75, 3.05) is 5.73 Å². The van der Waals surface area contributed by atoms with E-state index in [0.717, 1.165) is 11.3 Å². The van der Waals surface area contributed by atoms with Crippen molar-refractivity contribution in [2.24, 2.45) is 5.16 Å². The van der Waals surface area contributed by atoms with E-state index in [9.17, 15) is 9.59 Å². The van der Waals surface area contributed by atoms with Gasteiger partial charge in [0.05, 0.1) is 0 Å². The number of nitrogens with two attached hydrogens (primary N) is 1. The van der Waals surface area contributed by atoms with E-state index < -0.39 is 12.1 Å². The smallest absolute Gasteiger partial charge is 0.347 e. The van der Waals surface area contributed by atoms with Crippen molar-refractivity contribution in [3.63, 3.8) is 0 Å². The van der Waals surface area contributed by atoms with Gasteiger partial charge in [0.1, 0.15) is 5.69 Å². The summed E-state index contributed by atoms with van der Waals surface area (Å²) in [5.74, 6) is -1.14. The molecule has 7 nitrogen and oxygen atoms in total. The van der Waals surface area contributed by atoms with Gasteiger partial charge in [-0.2, -0.15) is 0 Å². The largest absolute Gasteiger partial charge is 0.478 e. The predicted octanol–water partition coefficient (Wildman–Crippen LogP) is 0.809. The standard InChI is InChI=1S/C10H12N3O4S/c1-2-3-8(9(15)16)17-13-6(4-14)7-5-18-10(11)12-7/h5,8H,2-3H2,1H3,(H2,11,12)(H,15,16)/b13-6+. The minimum absolute atomic E-state index is 0.203. The topological polar surface area (TPSA) is 115 Å². The van der Waals surface area contributed by atoms with Crippen LogP contribution in [0.25, 0.3) is 0 Å². The molecule has 1 radical (unpaired) electrons.